The lowest BCUT2D eigenvalue weighted by atomic mass is 9.85. The first-order valence-corrected chi connectivity index (χ1v) is 5.28. The highest BCUT2D eigenvalue weighted by atomic mass is 16.4. The van der Waals surface area contributed by atoms with Gasteiger partial charge < -0.3 is 5.11 Å². The van der Waals surface area contributed by atoms with Crippen LogP contribution in [0, 0.1) is 11.8 Å². The van der Waals surface area contributed by atoms with Gasteiger partial charge in [-0.05, 0) is 19.8 Å². The minimum Gasteiger partial charge on any atom is -0.480 e. The zero-order valence-electron chi connectivity index (χ0n) is 8.92. The molecule has 2 aliphatic rings. The Morgan fingerprint density at radius 2 is 1.75 bits per heavy atom. The van der Waals surface area contributed by atoms with Crippen molar-refractivity contribution in [1.29, 1.82) is 0 Å². The smallest absolute Gasteiger partial charge is 0.326 e. The van der Waals surface area contributed by atoms with E-state index in [0.29, 0.717) is 12.8 Å². The Bertz CT molecular complexity index is 361. The Morgan fingerprint density at radius 1 is 1.31 bits per heavy atom. The molecule has 3 atom stereocenters. The van der Waals surface area contributed by atoms with Crippen LogP contribution in [0.1, 0.15) is 19.8 Å². The van der Waals surface area contributed by atoms with Crippen LogP contribution in [0.5, 0.6) is 0 Å². The molecule has 2 rings (SSSR count). The van der Waals surface area contributed by atoms with Crippen LogP contribution in [0.25, 0.3) is 0 Å². The van der Waals surface area contributed by atoms with Crippen molar-refractivity contribution in [3.8, 4) is 0 Å². The van der Waals surface area contributed by atoms with Gasteiger partial charge in [0.05, 0.1) is 11.8 Å². The molecule has 1 aliphatic heterocycles. The first kappa shape index (κ1) is 10.9. The molecular formula is C11H13NO4. The zero-order valence-corrected chi connectivity index (χ0v) is 8.92. The first-order chi connectivity index (χ1) is 7.54. The van der Waals surface area contributed by atoms with E-state index in [-0.39, 0.29) is 23.7 Å². The molecule has 1 saturated heterocycles. The van der Waals surface area contributed by atoms with Crippen molar-refractivity contribution >= 4 is 17.8 Å². The maximum absolute atomic E-state index is 11.9. The standard InChI is InChI=1S/C11H13NO4/c1-6(11(15)16)12-9(13)7-4-2-3-5-8(7)10(12)14/h2-3,6-8H,4-5H2,1H3,(H,15,16)/t6-,7-,8+/m1/s1. The van der Waals surface area contributed by atoms with E-state index in [4.69, 9.17) is 5.11 Å². The number of nitrogens with zero attached hydrogens (tertiary/aromatic N) is 1. The molecule has 1 heterocycles. The Kier molecular flexibility index (Phi) is 2.53. The predicted octanol–water partition coefficient (Wildman–Crippen LogP) is 0.411. The van der Waals surface area contributed by atoms with Crippen LogP contribution in [-0.2, 0) is 14.4 Å². The summed E-state index contributed by atoms with van der Waals surface area (Å²) in [7, 11) is 0. The molecule has 0 aromatic rings. The number of hydrogen-bond acceptors (Lipinski definition) is 3. The summed E-state index contributed by atoms with van der Waals surface area (Å²) < 4.78 is 0. The number of rotatable bonds is 2. The van der Waals surface area contributed by atoms with Gasteiger partial charge in [0.25, 0.3) is 0 Å². The third kappa shape index (κ3) is 1.43. The van der Waals surface area contributed by atoms with Gasteiger partial charge in [0, 0.05) is 0 Å². The summed E-state index contributed by atoms with van der Waals surface area (Å²) >= 11 is 0. The van der Waals surface area contributed by atoms with Crippen molar-refractivity contribution in [1.82, 2.24) is 4.90 Å². The topological polar surface area (TPSA) is 74.7 Å². The number of carbonyl (C=O) groups excluding carboxylic acids is 2. The molecule has 0 unspecified atom stereocenters. The Hall–Kier alpha value is -1.65. The molecule has 1 aliphatic carbocycles. The monoisotopic (exact) mass is 223 g/mol. The van der Waals surface area contributed by atoms with Crippen LogP contribution in [0.4, 0.5) is 0 Å². The molecule has 2 amide bonds. The van der Waals surface area contributed by atoms with Crippen molar-refractivity contribution in [3.63, 3.8) is 0 Å². The Morgan fingerprint density at radius 3 is 2.12 bits per heavy atom. The molecule has 0 aromatic heterocycles. The fourth-order valence-electron chi connectivity index (χ4n) is 2.32. The van der Waals surface area contributed by atoms with Crippen molar-refractivity contribution in [3.05, 3.63) is 12.2 Å². The number of likely N-dealkylation sites (tertiary alicyclic amines) is 1. The highest BCUT2D eigenvalue weighted by molar-refractivity contribution is 6.07. The third-order valence-corrected chi connectivity index (χ3v) is 3.29. The summed E-state index contributed by atoms with van der Waals surface area (Å²) in [6.45, 7) is 1.36. The fourth-order valence-corrected chi connectivity index (χ4v) is 2.32. The van der Waals surface area contributed by atoms with Gasteiger partial charge in [-0.1, -0.05) is 12.2 Å². The minimum absolute atomic E-state index is 0.339. The highest BCUT2D eigenvalue weighted by Gasteiger charge is 2.50. The minimum atomic E-state index is -1.15. The second kappa shape index (κ2) is 3.73. The van der Waals surface area contributed by atoms with E-state index in [1.807, 2.05) is 12.2 Å². The maximum atomic E-state index is 11.9. The molecular weight excluding hydrogens is 210 g/mol. The molecule has 86 valence electrons. The number of hydrogen-bond donors (Lipinski definition) is 1. The summed E-state index contributed by atoms with van der Waals surface area (Å²) in [6.07, 6.45) is 4.83. The van der Waals surface area contributed by atoms with Crippen LogP contribution in [0.3, 0.4) is 0 Å². The molecule has 5 nitrogen and oxygen atoms in total. The number of carboxylic acids is 1. The van der Waals surface area contributed by atoms with E-state index in [1.165, 1.54) is 6.92 Å². The number of imide groups is 1. The summed E-state index contributed by atoms with van der Waals surface area (Å²) in [5.74, 6) is -2.52. The number of amides is 2. The van der Waals surface area contributed by atoms with E-state index in [0.717, 1.165) is 4.90 Å². The van der Waals surface area contributed by atoms with Crippen LogP contribution in [-0.4, -0.2) is 33.8 Å². The third-order valence-electron chi connectivity index (χ3n) is 3.29. The number of carbonyl (C=O) groups is 3. The van der Waals surface area contributed by atoms with Gasteiger partial charge >= 0.3 is 5.97 Å². The van der Waals surface area contributed by atoms with E-state index < -0.39 is 12.0 Å². The molecule has 1 N–H and O–H groups in total. The SMILES string of the molecule is C[C@H](C(=O)O)N1C(=O)[C@H]2CC=CC[C@H]2C1=O. The molecule has 5 heteroatoms. The van der Waals surface area contributed by atoms with Crippen molar-refractivity contribution in [2.45, 2.75) is 25.8 Å². The van der Waals surface area contributed by atoms with E-state index in [9.17, 15) is 14.4 Å². The molecule has 1 fully saturated rings. The molecule has 0 radical (unpaired) electrons. The van der Waals surface area contributed by atoms with Crippen LogP contribution >= 0.6 is 0 Å². The van der Waals surface area contributed by atoms with Crippen molar-refractivity contribution in [2.75, 3.05) is 0 Å². The molecule has 16 heavy (non-hydrogen) atoms. The second-order valence-corrected chi connectivity index (χ2v) is 4.22. The van der Waals surface area contributed by atoms with Gasteiger partial charge in [0.1, 0.15) is 6.04 Å². The van der Waals surface area contributed by atoms with Crippen LogP contribution in [0.15, 0.2) is 12.2 Å². The summed E-state index contributed by atoms with van der Waals surface area (Å²) in [5, 5.41) is 8.85. The van der Waals surface area contributed by atoms with Crippen LogP contribution < -0.4 is 0 Å². The summed E-state index contributed by atoms with van der Waals surface area (Å²) in [6, 6.07) is -1.06. The Balaban J connectivity index is 2.27. The predicted molar refractivity (Wildman–Crippen MR) is 54.3 cm³/mol. The molecule has 0 spiro atoms. The maximum Gasteiger partial charge on any atom is 0.326 e. The van der Waals surface area contributed by atoms with E-state index in [2.05, 4.69) is 0 Å². The lowest BCUT2D eigenvalue weighted by molar-refractivity contribution is -0.154. The number of allylic oxidation sites excluding steroid dienone is 2. The van der Waals surface area contributed by atoms with Crippen LogP contribution in [0.2, 0.25) is 0 Å². The molecule has 0 bridgehead atoms. The largest absolute Gasteiger partial charge is 0.480 e. The number of fused-ring (bicyclic) bond motifs is 1. The van der Waals surface area contributed by atoms with Crippen molar-refractivity contribution in [2.24, 2.45) is 11.8 Å². The average Bonchev–Trinajstić information content (AvgIpc) is 2.52. The van der Waals surface area contributed by atoms with Gasteiger partial charge in [-0.3, -0.25) is 14.5 Å². The van der Waals surface area contributed by atoms with Gasteiger partial charge in [-0.25, -0.2) is 4.79 Å². The normalized spacial score (nSPS) is 30.4. The molecule has 0 aromatic carbocycles. The summed E-state index contributed by atoms with van der Waals surface area (Å²) in [5.41, 5.74) is 0. The fraction of sp³-hybridized carbons (Fsp3) is 0.545. The van der Waals surface area contributed by atoms with Crippen molar-refractivity contribution < 1.29 is 19.5 Å². The van der Waals surface area contributed by atoms with Gasteiger partial charge in [-0.15, -0.1) is 0 Å². The zero-order chi connectivity index (χ0) is 11.9. The number of carboxylic acid groups (broad SMARTS) is 1. The van der Waals surface area contributed by atoms with E-state index in [1.54, 1.807) is 0 Å². The summed E-state index contributed by atoms with van der Waals surface area (Å²) in [4.78, 5) is 35.5. The Labute approximate surface area is 92.7 Å². The van der Waals surface area contributed by atoms with Gasteiger partial charge in [-0.2, -0.15) is 0 Å². The highest BCUT2D eigenvalue weighted by Crippen LogP contribution is 2.35. The lowest BCUT2D eigenvalue weighted by Gasteiger charge is -2.18. The second-order valence-electron chi connectivity index (χ2n) is 4.22. The van der Waals surface area contributed by atoms with Gasteiger partial charge in [0.2, 0.25) is 11.8 Å². The van der Waals surface area contributed by atoms with Gasteiger partial charge in [0.15, 0.2) is 0 Å². The quantitative estimate of drug-likeness (QED) is 0.543. The first-order valence-electron chi connectivity index (χ1n) is 5.28. The van der Waals surface area contributed by atoms with E-state index >= 15 is 0 Å². The molecule has 0 saturated carbocycles. The number of aliphatic carboxylic acids is 1. The average molecular weight is 223 g/mol. The lowest BCUT2D eigenvalue weighted by Crippen LogP contribution is -2.43.